The van der Waals surface area contributed by atoms with Crippen LogP contribution < -0.4 is 25.9 Å². The number of anilines is 2. The molecule has 0 spiro atoms. The summed E-state index contributed by atoms with van der Waals surface area (Å²) in [6.07, 6.45) is 1.46. The zero-order valence-electron chi connectivity index (χ0n) is 16.9. The lowest BCUT2D eigenvalue weighted by Crippen LogP contribution is -2.18. The Labute approximate surface area is 176 Å². The molecule has 0 amide bonds. The molecule has 4 aromatic rings. The predicted molar refractivity (Wildman–Crippen MR) is 117 cm³/mol. The number of nitrogens with one attached hydrogen (secondary N) is 3. The van der Waals surface area contributed by atoms with Crippen molar-refractivity contribution in [3.8, 4) is 17.6 Å². The van der Waals surface area contributed by atoms with E-state index in [0.29, 0.717) is 52.6 Å². The van der Waals surface area contributed by atoms with Crippen molar-refractivity contribution in [2.24, 2.45) is 0 Å². The van der Waals surface area contributed by atoms with Crippen LogP contribution in [0.25, 0.3) is 21.7 Å². The number of hydrogen-bond acceptors (Lipinski definition) is 7. The summed E-state index contributed by atoms with van der Waals surface area (Å²) in [5.41, 5.74) is 1.11. The molecule has 4 rings (SSSR count). The number of ether oxygens (including phenoxy) is 2. The molecule has 0 atom stereocenters. The fraction of sp³-hybridized carbons (Fsp3) is 0.182. The summed E-state index contributed by atoms with van der Waals surface area (Å²) in [4.78, 5) is 28.5. The minimum absolute atomic E-state index is 0.235. The number of H-pyrrole nitrogens is 2. The van der Waals surface area contributed by atoms with E-state index in [2.05, 4.69) is 26.6 Å². The maximum atomic E-state index is 12.1. The van der Waals surface area contributed by atoms with E-state index in [9.17, 15) is 14.9 Å². The second-order valence-corrected chi connectivity index (χ2v) is 6.61. The molecule has 0 unspecified atom stereocenters. The molecule has 9 heteroatoms. The Morgan fingerprint density at radius 3 is 2.42 bits per heavy atom. The molecule has 9 nitrogen and oxygen atoms in total. The number of fused-ring (bicyclic) bond motifs is 2. The molecule has 0 bridgehead atoms. The van der Waals surface area contributed by atoms with E-state index >= 15 is 0 Å². The number of nitrogens with zero attached hydrogens (tertiary/aromatic N) is 2. The monoisotopic (exact) mass is 417 g/mol. The summed E-state index contributed by atoms with van der Waals surface area (Å²) in [7, 11) is 0. The van der Waals surface area contributed by atoms with Gasteiger partial charge in [-0.05, 0) is 44.2 Å². The van der Waals surface area contributed by atoms with Gasteiger partial charge in [-0.2, -0.15) is 5.26 Å². The smallest absolute Gasteiger partial charge is 0.270 e. The predicted octanol–water partition coefficient (Wildman–Crippen LogP) is 3.18. The summed E-state index contributed by atoms with van der Waals surface area (Å²) < 4.78 is 11.5. The van der Waals surface area contributed by atoms with E-state index in [4.69, 9.17) is 9.47 Å². The van der Waals surface area contributed by atoms with Crippen LogP contribution in [0.3, 0.4) is 0 Å². The normalized spacial score (nSPS) is 10.7. The van der Waals surface area contributed by atoms with Crippen molar-refractivity contribution >= 4 is 33.1 Å². The van der Waals surface area contributed by atoms with Gasteiger partial charge in [-0.25, -0.2) is 0 Å². The largest absolute Gasteiger partial charge is 0.490 e. The lowest BCUT2D eigenvalue weighted by atomic mass is 10.1. The Kier molecular flexibility index (Phi) is 5.28. The molecule has 0 saturated carbocycles. The molecule has 2 aromatic carbocycles. The first-order valence-corrected chi connectivity index (χ1v) is 9.70. The lowest BCUT2D eigenvalue weighted by molar-refractivity contribution is 0.290. The number of nitriles is 1. The van der Waals surface area contributed by atoms with Crippen LogP contribution >= 0.6 is 0 Å². The molecule has 3 N–H and O–H groups in total. The van der Waals surface area contributed by atoms with Crippen molar-refractivity contribution in [3.63, 3.8) is 0 Å². The first-order chi connectivity index (χ1) is 15.1. The molecule has 0 radical (unpaired) electrons. The summed E-state index contributed by atoms with van der Waals surface area (Å²) >= 11 is 0. The van der Waals surface area contributed by atoms with Crippen LogP contribution in [0.15, 0.2) is 46.1 Å². The Morgan fingerprint density at radius 1 is 1.00 bits per heavy atom. The minimum Gasteiger partial charge on any atom is -0.490 e. The van der Waals surface area contributed by atoms with Crippen LogP contribution in [0.5, 0.6) is 11.5 Å². The van der Waals surface area contributed by atoms with E-state index in [1.807, 2.05) is 13.8 Å². The lowest BCUT2D eigenvalue weighted by Gasteiger charge is -2.16. The first kappa shape index (κ1) is 20.0. The van der Waals surface area contributed by atoms with Crippen molar-refractivity contribution in [2.45, 2.75) is 13.8 Å². The zero-order valence-corrected chi connectivity index (χ0v) is 16.9. The molecule has 0 aliphatic carbocycles. The highest BCUT2D eigenvalue weighted by Gasteiger charge is 2.17. The highest BCUT2D eigenvalue weighted by molar-refractivity contribution is 6.00. The maximum Gasteiger partial charge on any atom is 0.270 e. The average Bonchev–Trinajstić information content (AvgIpc) is 2.78. The molecule has 156 valence electrons. The Bertz CT molecular complexity index is 1450. The number of benzene rings is 2. The van der Waals surface area contributed by atoms with Gasteiger partial charge in [-0.3, -0.25) is 24.8 Å². The highest BCUT2D eigenvalue weighted by Crippen LogP contribution is 2.39. The van der Waals surface area contributed by atoms with Gasteiger partial charge in [0.15, 0.2) is 11.5 Å². The maximum absolute atomic E-state index is 12.1. The van der Waals surface area contributed by atoms with Crippen LogP contribution in [0.2, 0.25) is 0 Å². The van der Waals surface area contributed by atoms with E-state index < -0.39 is 11.1 Å². The standard InChI is InChI=1S/C22H19N5O4/c1-3-30-17-8-7-15-18(12(10-23)11-24-19(15)20(17)31-4-2)25-13-5-6-14-16(9-13)22(29)27-26-21(14)28/h5-9,11H,3-4H2,1-2H3,(H,24,25)(H,26,28)(H,27,29). The minimum atomic E-state index is -0.418. The van der Waals surface area contributed by atoms with Crippen LogP contribution in [0.4, 0.5) is 11.4 Å². The van der Waals surface area contributed by atoms with E-state index in [1.54, 1.807) is 30.3 Å². The Hall–Kier alpha value is -4.32. The van der Waals surface area contributed by atoms with Gasteiger partial charge in [0.1, 0.15) is 11.6 Å². The molecule has 0 aliphatic heterocycles. The van der Waals surface area contributed by atoms with Gasteiger partial charge >= 0.3 is 0 Å². The number of rotatable bonds is 6. The molecule has 0 saturated heterocycles. The van der Waals surface area contributed by atoms with E-state index in [1.165, 1.54) is 6.20 Å². The average molecular weight is 417 g/mol. The fourth-order valence-corrected chi connectivity index (χ4v) is 3.39. The number of hydrogen-bond donors (Lipinski definition) is 3. The number of pyridine rings is 1. The molecule has 2 heterocycles. The summed E-state index contributed by atoms with van der Waals surface area (Å²) in [5.74, 6) is 1.06. The molecule has 31 heavy (non-hydrogen) atoms. The van der Waals surface area contributed by atoms with E-state index in [0.717, 1.165) is 0 Å². The summed E-state index contributed by atoms with van der Waals surface area (Å²) in [6, 6.07) is 10.5. The van der Waals surface area contributed by atoms with Crippen LogP contribution in [-0.2, 0) is 0 Å². The number of aromatic amines is 2. The summed E-state index contributed by atoms with van der Waals surface area (Å²) in [6.45, 7) is 4.64. The van der Waals surface area contributed by atoms with Gasteiger partial charge in [0.05, 0.1) is 35.2 Å². The van der Waals surface area contributed by atoms with Gasteiger partial charge < -0.3 is 14.8 Å². The topological polar surface area (TPSA) is 133 Å². The highest BCUT2D eigenvalue weighted by atomic mass is 16.5. The van der Waals surface area contributed by atoms with Crippen LogP contribution in [0, 0.1) is 11.3 Å². The van der Waals surface area contributed by atoms with Crippen molar-refractivity contribution in [1.29, 1.82) is 5.26 Å². The van der Waals surface area contributed by atoms with Crippen LogP contribution in [0.1, 0.15) is 19.4 Å². The third-order valence-electron chi connectivity index (χ3n) is 4.73. The summed E-state index contributed by atoms with van der Waals surface area (Å²) in [5, 5.41) is 18.6. The third-order valence-corrected chi connectivity index (χ3v) is 4.73. The van der Waals surface area contributed by atoms with Gasteiger partial charge in [0.25, 0.3) is 11.1 Å². The Morgan fingerprint density at radius 2 is 1.71 bits per heavy atom. The van der Waals surface area contributed by atoms with Gasteiger partial charge in [-0.1, -0.05) is 0 Å². The SMILES string of the molecule is CCOc1ccc2c(Nc3ccc4c(=O)[nH][nH]c(=O)c4c3)c(C#N)cnc2c1OCC. The zero-order chi connectivity index (χ0) is 22.0. The van der Waals surface area contributed by atoms with Crippen molar-refractivity contribution < 1.29 is 9.47 Å². The van der Waals surface area contributed by atoms with Crippen molar-refractivity contribution in [1.82, 2.24) is 15.2 Å². The molecular weight excluding hydrogens is 398 g/mol. The van der Waals surface area contributed by atoms with Gasteiger partial charge in [-0.15, -0.1) is 0 Å². The molecular formula is C22H19N5O4. The number of aromatic nitrogens is 3. The van der Waals surface area contributed by atoms with Crippen molar-refractivity contribution in [2.75, 3.05) is 18.5 Å². The molecule has 0 aliphatic rings. The van der Waals surface area contributed by atoms with Gasteiger partial charge in [0.2, 0.25) is 0 Å². The van der Waals surface area contributed by atoms with E-state index in [-0.39, 0.29) is 10.8 Å². The second-order valence-electron chi connectivity index (χ2n) is 6.61. The van der Waals surface area contributed by atoms with Crippen molar-refractivity contribution in [3.05, 3.63) is 62.8 Å². The fourth-order valence-electron chi connectivity index (χ4n) is 3.39. The van der Waals surface area contributed by atoms with Gasteiger partial charge in [0, 0.05) is 17.3 Å². The molecule has 2 aromatic heterocycles. The second kappa shape index (κ2) is 8.20. The Balaban J connectivity index is 1.90. The third kappa shape index (κ3) is 3.55. The first-order valence-electron chi connectivity index (χ1n) is 9.70. The van der Waals surface area contributed by atoms with Crippen LogP contribution in [-0.4, -0.2) is 28.4 Å². The molecule has 0 fully saturated rings. The quantitative estimate of drug-likeness (QED) is 0.439.